The normalized spacial score (nSPS) is 13.0. The van der Waals surface area contributed by atoms with Crippen molar-refractivity contribution in [3.63, 3.8) is 0 Å². The number of ether oxygens (including phenoxy) is 2. The SMILES string of the molecule is CCCC(COc1ccc(OC)cc1)CS(N)(=O)=O. The van der Waals surface area contributed by atoms with Gasteiger partial charge in [0.1, 0.15) is 11.5 Å². The second-order valence-corrected chi connectivity index (χ2v) is 6.13. The van der Waals surface area contributed by atoms with Crippen molar-refractivity contribution in [1.29, 1.82) is 0 Å². The zero-order chi connectivity index (χ0) is 14.3. The Morgan fingerprint density at radius 3 is 2.26 bits per heavy atom. The van der Waals surface area contributed by atoms with Crippen molar-refractivity contribution in [3.05, 3.63) is 24.3 Å². The third kappa shape index (κ3) is 6.45. The van der Waals surface area contributed by atoms with Crippen molar-refractivity contribution in [1.82, 2.24) is 0 Å². The van der Waals surface area contributed by atoms with Gasteiger partial charge in [0.2, 0.25) is 10.0 Å². The molecule has 108 valence electrons. The molecular formula is C13H21NO4S. The van der Waals surface area contributed by atoms with E-state index in [1.54, 1.807) is 31.4 Å². The molecule has 0 radical (unpaired) electrons. The fourth-order valence-electron chi connectivity index (χ4n) is 1.84. The lowest BCUT2D eigenvalue weighted by Crippen LogP contribution is -2.26. The molecule has 1 rings (SSSR count). The minimum absolute atomic E-state index is 0.0446. The molecule has 2 N–H and O–H groups in total. The molecule has 0 spiro atoms. The molecular weight excluding hydrogens is 266 g/mol. The van der Waals surface area contributed by atoms with Crippen LogP contribution in [0, 0.1) is 5.92 Å². The molecule has 0 aliphatic rings. The largest absolute Gasteiger partial charge is 0.497 e. The number of benzene rings is 1. The third-order valence-electron chi connectivity index (χ3n) is 2.71. The first kappa shape index (κ1) is 15.8. The Kier molecular flexibility index (Phi) is 6.11. The van der Waals surface area contributed by atoms with Gasteiger partial charge in [-0.15, -0.1) is 0 Å². The lowest BCUT2D eigenvalue weighted by Gasteiger charge is -2.16. The van der Waals surface area contributed by atoms with Crippen molar-refractivity contribution in [3.8, 4) is 11.5 Å². The molecule has 6 heteroatoms. The summed E-state index contributed by atoms with van der Waals surface area (Å²) < 4.78 is 32.9. The van der Waals surface area contributed by atoms with Gasteiger partial charge in [-0.2, -0.15) is 0 Å². The van der Waals surface area contributed by atoms with E-state index in [2.05, 4.69) is 0 Å². The van der Waals surface area contributed by atoms with Gasteiger partial charge in [-0.1, -0.05) is 13.3 Å². The van der Waals surface area contributed by atoms with Gasteiger partial charge in [0.05, 0.1) is 19.5 Å². The zero-order valence-electron chi connectivity index (χ0n) is 11.3. The molecule has 0 saturated carbocycles. The highest BCUT2D eigenvalue weighted by Crippen LogP contribution is 2.18. The summed E-state index contributed by atoms with van der Waals surface area (Å²) in [5.74, 6) is 1.32. The molecule has 0 amide bonds. The molecule has 0 aromatic heterocycles. The second-order valence-electron chi connectivity index (χ2n) is 4.47. The van der Waals surface area contributed by atoms with Crippen LogP contribution in [0.1, 0.15) is 19.8 Å². The maximum atomic E-state index is 11.1. The van der Waals surface area contributed by atoms with Gasteiger partial charge in [0.15, 0.2) is 0 Å². The van der Waals surface area contributed by atoms with Crippen LogP contribution < -0.4 is 14.6 Å². The molecule has 1 aromatic rings. The molecule has 1 atom stereocenters. The first-order valence-corrected chi connectivity index (χ1v) is 7.93. The zero-order valence-corrected chi connectivity index (χ0v) is 12.2. The number of rotatable bonds is 8. The smallest absolute Gasteiger partial charge is 0.209 e. The highest BCUT2D eigenvalue weighted by molar-refractivity contribution is 7.89. The van der Waals surface area contributed by atoms with E-state index in [4.69, 9.17) is 14.6 Å². The first-order valence-electron chi connectivity index (χ1n) is 6.22. The van der Waals surface area contributed by atoms with Gasteiger partial charge in [-0.05, 0) is 30.7 Å². The van der Waals surface area contributed by atoms with Crippen molar-refractivity contribution >= 4 is 10.0 Å². The highest BCUT2D eigenvalue weighted by atomic mass is 32.2. The summed E-state index contributed by atoms with van der Waals surface area (Å²) in [6.07, 6.45) is 1.67. The number of sulfonamides is 1. The molecule has 0 saturated heterocycles. The topological polar surface area (TPSA) is 78.6 Å². The average molecular weight is 287 g/mol. The standard InChI is InChI=1S/C13H21NO4S/c1-3-4-11(10-19(14,15)16)9-18-13-7-5-12(17-2)6-8-13/h5-8,11H,3-4,9-10H2,1-2H3,(H2,14,15,16). The molecule has 1 unspecified atom stereocenters. The van der Waals surface area contributed by atoms with Gasteiger partial charge < -0.3 is 9.47 Å². The van der Waals surface area contributed by atoms with E-state index in [1.807, 2.05) is 6.92 Å². The summed E-state index contributed by atoms with van der Waals surface area (Å²) in [7, 11) is -1.86. The predicted octanol–water partition coefficient (Wildman–Crippen LogP) is 1.78. The lowest BCUT2D eigenvalue weighted by molar-refractivity contribution is 0.252. The molecule has 0 aliphatic carbocycles. The quantitative estimate of drug-likeness (QED) is 0.790. The van der Waals surface area contributed by atoms with E-state index in [0.717, 1.165) is 18.6 Å². The Balaban J connectivity index is 2.54. The number of primary sulfonamides is 1. The van der Waals surface area contributed by atoms with Crippen LogP contribution in [0.2, 0.25) is 0 Å². The molecule has 0 bridgehead atoms. The molecule has 19 heavy (non-hydrogen) atoms. The van der Waals surface area contributed by atoms with Gasteiger partial charge >= 0.3 is 0 Å². The maximum absolute atomic E-state index is 11.1. The monoisotopic (exact) mass is 287 g/mol. The van der Waals surface area contributed by atoms with Gasteiger partial charge in [0, 0.05) is 5.92 Å². The number of hydrogen-bond donors (Lipinski definition) is 1. The fourth-order valence-corrected chi connectivity index (χ4v) is 2.76. The molecule has 0 aliphatic heterocycles. The van der Waals surface area contributed by atoms with E-state index < -0.39 is 10.0 Å². The van der Waals surface area contributed by atoms with E-state index >= 15 is 0 Å². The maximum Gasteiger partial charge on any atom is 0.209 e. The van der Waals surface area contributed by atoms with Crippen LogP contribution >= 0.6 is 0 Å². The van der Waals surface area contributed by atoms with Gasteiger partial charge in [-0.3, -0.25) is 0 Å². The van der Waals surface area contributed by atoms with Crippen molar-refractivity contribution < 1.29 is 17.9 Å². The predicted molar refractivity (Wildman–Crippen MR) is 74.9 cm³/mol. The first-order chi connectivity index (χ1) is 8.94. The van der Waals surface area contributed by atoms with Gasteiger partial charge in [-0.25, -0.2) is 13.6 Å². The van der Waals surface area contributed by atoms with E-state index in [0.29, 0.717) is 12.4 Å². The highest BCUT2D eigenvalue weighted by Gasteiger charge is 2.16. The van der Waals surface area contributed by atoms with Crippen molar-refractivity contribution in [2.24, 2.45) is 11.1 Å². The summed E-state index contributed by atoms with van der Waals surface area (Å²) in [4.78, 5) is 0. The van der Waals surface area contributed by atoms with Crippen LogP contribution in [0.5, 0.6) is 11.5 Å². The van der Waals surface area contributed by atoms with Crippen LogP contribution in [0.25, 0.3) is 0 Å². The molecule has 1 aromatic carbocycles. The Morgan fingerprint density at radius 1 is 1.21 bits per heavy atom. The van der Waals surface area contributed by atoms with Crippen LogP contribution in [0.3, 0.4) is 0 Å². The Bertz CT molecular complexity index is 470. The van der Waals surface area contributed by atoms with Crippen LogP contribution in [-0.2, 0) is 10.0 Å². The Hall–Kier alpha value is -1.27. The number of hydrogen-bond acceptors (Lipinski definition) is 4. The number of nitrogens with two attached hydrogens (primary N) is 1. The lowest BCUT2D eigenvalue weighted by atomic mass is 10.1. The average Bonchev–Trinajstić information content (AvgIpc) is 2.35. The van der Waals surface area contributed by atoms with Crippen molar-refractivity contribution in [2.45, 2.75) is 19.8 Å². The van der Waals surface area contributed by atoms with E-state index in [9.17, 15) is 8.42 Å². The van der Waals surface area contributed by atoms with Gasteiger partial charge in [0.25, 0.3) is 0 Å². The molecule has 0 heterocycles. The minimum Gasteiger partial charge on any atom is -0.497 e. The summed E-state index contributed by atoms with van der Waals surface area (Å²) in [6.45, 7) is 2.35. The van der Waals surface area contributed by atoms with Crippen LogP contribution in [0.15, 0.2) is 24.3 Å². The Morgan fingerprint density at radius 2 is 1.79 bits per heavy atom. The van der Waals surface area contributed by atoms with Crippen LogP contribution in [0.4, 0.5) is 0 Å². The van der Waals surface area contributed by atoms with Crippen molar-refractivity contribution in [2.75, 3.05) is 19.5 Å². The fraction of sp³-hybridized carbons (Fsp3) is 0.538. The Labute approximate surface area is 114 Å². The summed E-state index contributed by atoms with van der Waals surface area (Å²) >= 11 is 0. The third-order valence-corrected chi connectivity index (χ3v) is 3.65. The second kappa shape index (κ2) is 7.35. The van der Waals surface area contributed by atoms with Crippen LogP contribution in [-0.4, -0.2) is 27.9 Å². The van der Waals surface area contributed by atoms with E-state index in [-0.39, 0.29) is 11.7 Å². The minimum atomic E-state index is -3.46. The summed E-state index contributed by atoms with van der Waals surface area (Å²) in [5, 5.41) is 5.07. The van der Waals surface area contributed by atoms with E-state index in [1.165, 1.54) is 0 Å². The summed E-state index contributed by atoms with van der Waals surface area (Å²) in [6, 6.07) is 7.17. The molecule has 5 nitrogen and oxygen atoms in total. The molecule has 0 fully saturated rings. The summed E-state index contributed by atoms with van der Waals surface area (Å²) in [5.41, 5.74) is 0. The number of methoxy groups -OCH3 is 1.